The van der Waals surface area contributed by atoms with Crippen LogP contribution in [0.5, 0.6) is 5.75 Å². The molecule has 1 rings (SSSR count). The molecule has 6 heteroatoms. The summed E-state index contributed by atoms with van der Waals surface area (Å²) in [7, 11) is 1.39. The zero-order valence-corrected chi connectivity index (χ0v) is 14.1. The number of carbonyl (C=O) groups excluding carboxylic acids is 1. The third kappa shape index (κ3) is 5.90. The molecule has 6 nitrogen and oxygen atoms in total. The summed E-state index contributed by atoms with van der Waals surface area (Å²) in [5, 5.41) is 11.7. The molecule has 0 aromatic heterocycles. The van der Waals surface area contributed by atoms with E-state index in [0.29, 0.717) is 23.8 Å². The van der Waals surface area contributed by atoms with Gasteiger partial charge >= 0.3 is 5.97 Å². The zero-order chi connectivity index (χ0) is 17.5. The molecule has 0 heterocycles. The van der Waals surface area contributed by atoms with Gasteiger partial charge in [-0.3, -0.25) is 4.79 Å². The molecule has 1 atom stereocenters. The maximum Gasteiger partial charge on any atom is 0.331 e. The highest BCUT2D eigenvalue weighted by Crippen LogP contribution is 2.14. The van der Waals surface area contributed by atoms with Crippen molar-refractivity contribution in [1.82, 2.24) is 5.32 Å². The number of rotatable bonds is 9. The summed E-state index contributed by atoms with van der Waals surface area (Å²) >= 11 is 0. The third-order valence-corrected chi connectivity index (χ3v) is 3.37. The number of methoxy groups -OCH3 is 1. The molecule has 23 heavy (non-hydrogen) atoms. The van der Waals surface area contributed by atoms with E-state index >= 15 is 0 Å². The van der Waals surface area contributed by atoms with Crippen LogP contribution in [-0.4, -0.2) is 42.8 Å². The van der Waals surface area contributed by atoms with E-state index in [1.165, 1.54) is 14.0 Å². The molecule has 1 aromatic carbocycles. The lowest BCUT2D eigenvalue weighted by Gasteiger charge is -2.25. The largest absolute Gasteiger partial charge is 0.494 e. The standard InChI is InChI=1S/C17H25NO5/c1-12(2)9-10-23-14-7-5-13(6-8-14)15(19)18-17(3,11-22-4)16(20)21/h5-8,12H,9-11H2,1-4H3,(H,18,19)(H,20,21). The fourth-order valence-electron chi connectivity index (χ4n) is 1.88. The molecule has 128 valence electrons. The minimum Gasteiger partial charge on any atom is -0.494 e. The maximum absolute atomic E-state index is 12.2. The van der Waals surface area contributed by atoms with Gasteiger partial charge in [-0.25, -0.2) is 4.79 Å². The van der Waals surface area contributed by atoms with Gasteiger partial charge in [-0.1, -0.05) is 13.8 Å². The number of carboxylic acid groups (broad SMARTS) is 1. The van der Waals surface area contributed by atoms with Crippen LogP contribution in [-0.2, 0) is 9.53 Å². The topological polar surface area (TPSA) is 84.9 Å². The monoisotopic (exact) mass is 323 g/mol. The SMILES string of the molecule is COCC(C)(NC(=O)c1ccc(OCCC(C)C)cc1)C(=O)O. The molecule has 1 unspecified atom stereocenters. The van der Waals surface area contributed by atoms with Crippen LogP contribution >= 0.6 is 0 Å². The van der Waals surface area contributed by atoms with E-state index in [2.05, 4.69) is 19.2 Å². The molecule has 0 saturated heterocycles. The van der Waals surface area contributed by atoms with Crippen molar-refractivity contribution < 1.29 is 24.2 Å². The molecule has 0 radical (unpaired) electrons. The number of hydrogen-bond donors (Lipinski definition) is 2. The van der Waals surface area contributed by atoms with Gasteiger partial charge in [0.1, 0.15) is 5.75 Å². The van der Waals surface area contributed by atoms with Gasteiger partial charge in [-0.15, -0.1) is 0 Å². The molecule has 0 spiro atoms. The number of ether oxygens (including phenoxy) is 2. The molecule has 2 N–H and O–H groups in total. The minimum atomic E-state index is -1.47. The van der Waals surface area contributed by atoms with Crippen molar-refractivity contribution in [2.75, 3.05) is 20.3 Å². The van der Waals surface area contributed by atoms with Crippen LogP contribution in [0, 0.1) is 5.92 Å². The summed E-state index contributed by atoms with van der Waals surface area (Å²) in [4.78, 5) is 23.5. The molecule has 0 saturated carbocycles. The predicted molar refractivity (Wildman–Crippen MR) is 86.8 cm³/mol. The van der Waals surface area contributed by atoms with E-state index in [-0.39, 0.29) is 6.61 Å². The van der Waals surface area contributed by atoms with E-state index in [1.54, 1.807) is 24.3 Å². The first kappa shape index (κ1) is 19.0. The van der Waals surface area contributed by atoms with Gasteiger partial charge in [0.15, 0.2) is 5.54 Å². The Hall–Kier alpha value is -2.08. The van der Waals surface area contributed by atoms with E-state index in [4.69, 9.17) is 9.47 Å². The summed E-state index contributed by atoms with van der Waals surface area (Å²) in [5.74, 6) is -0.378. The Morgan fingerprint density at radius 2 is 1.87 bits per heavy atom. The number of nitrogens with one attached hydrogen (secondary N) is 1. The van der Waals surface area contributed by atoms with Gasteiger partial charge < -0.3 is 19.9 Å². The Bertz CT molecular complexity index is 526. The number of hydrogen-bond acceptors (Lipinski definition) is 4. The van der Waals surface area contributed by atoms with Crippen molar-refractivity contribution >= 4 is 11.9 Å². The fraction of sp³-hybridized carbons (Fsp3) is 0.529. The van der Waals surface area contributed by atoms with Crippen molar-refractivity contribution in [2.45, 2.75) is 32.7 Å². The highest BCUT2D eigenvalue weighted by molar-refractivity contribution is 5.97. The second-order valence-electron chi connectivity index (χ2n) is 6.08. The van der Waals surface area contributed by atoms with Gasteiger partial charge in [0, 0.05) is 12.7 Å². The zero-order valence-electron chi connectivity index (χ0n) is 14.1. The first-order chi connectivity index (χ1) is 10.8. The highest BCUT2D eigenvalue weighted by Gasteiger charge is 2.35. The molecule has 0 aliphatic heterocycles. The van der Waals surface area contributed by atoms with Crippen LogP contribution in [0.2, 0.25) is 0 Å². The van der Waals surface area contributed by atoms with Crippen molar-refractivity contribution in [3.63, 3.8) is 0 Å². The number of benzene rings is 1. The average Bonchev–Trinajstić information content (AvgIpc) is 2.47. The Morgan fingerprint density at radius 1 is 1.26 bits per heavy atom. The van der Waals surface area contributed by atoms with E-state index < -0.39 is 17.4 Å². The third-order valence-electron chi connectivity index (χ3n) is 3.37. The number of carboxylic acids is 1. The molecular formula is C17H25NO5. The van der Waals surface area contributed by atoms with Crippen molar-refractivity contribution in [1.29, 1.82) is 0 Å². The van der Waals surface area contributed by atoms with Crippen LogP contribution in [0.4, 0.5) is 0 Å². The van der Waals surface area contributed by atoms with Crippen LogP contribution < -0.4 is 10.1 Å². The van der Waals surface area contributed by atoms with Gasteiger partial charge in [0.05, 0.1) is 13.2 Å². The first-order valence-electron chi connectivity index (χ1n) is 7.56. The molecular weight excluding hydrogens is 298 g/mol. The molecule has 0 bridgehead atoms. The summed E-state index contributed by atoms with van der Waals surface area (Å²) in [6, 6.07) is 6.61. The minimum absolute atomic E-state index is 0.121. The van der Waals surface area contributed by atoms with Crippen molar-refractivity contribution in [3.8, 4) is 5.75 Å². The van der Waals surface area contributed by atoms with Crippen LogP contribution in [0.3, 0.4) is 0 Å². The summed E-state index contributed by atoms with van der Waals surface area (Å²) in [6.45, 7) is 6.14. The number of aliphatic carboxylic acids is 1. The first-order valence-corrected chi connectivity index (χ1v) is 7.56. The number of carbonyl (C=O) groups is 2. The second kappa shape index (κ2) is 8.53. The molecule has 0 fully saturated rings. The summed E-state index contributed by atoms with van der Waals surface area (Å²) in [6.07, 6.45) is 0.955. The van der Waals surface area contributed by atoms with Crippen molar-refractivity contribution in [2.24, 2.45) is 5.92 Å². The van der Waals surface area contributed by atoms with Gasteiger partial charge in [0.2, 0.25) is 0 Å². The highest BCUT2D eigenvalue weighted by atomic mass is 16.5. The quantitative estimate of drug-likeness (QED) is 0.728. The molecule has 0 aliphatic rings. The molecule has 1 aromatic rings. The van der Waals surface area contributed by atoms with E-state index in [9.17, 15) is 14.7 Å². The Morgan fingerprint density at radius 3 is 2.35 bits per heavy atom. The van der Waals surface area contributed by atoms with Gasteiger partial charge in [-0.2, -0.15) is 0 Å². The second-order valence-corrected chi connectivity index (χ2v) is 6.08. The van der Waals surface area contributed by atoms with E-state index in [1.807, 2.05) is 0 Å². The van der Waals surface area contributed by atoms with Gasteiger partial charge in [-0.05, 0) is 43.5 Å². The Labute approximate surface area is 136 Å². The Kier molecular flexibility index (Phi) is 7.03. The smallest absolute Gasteiger partial charge is 0.331 e. The lowest BCUT2D eigenvalue weighted by atomic mass is 10.0. The molecule has 1 amide bonds. The average molecular weight is 323 g/mol. The fourth-order valence-corrected chi connectivity index (χ4v) is 1.88. The maximum atomic E-state index is 12.2. The van der Waals surface area contributed by atoms with E-state index in [0.717, 1.165) is 6.42 Å². The normalized spacial score (nSPS) is 13.4. The summed E-state index contributed by atoms with van der Waals surface area (Å²) in [5.41, 5.74) is -1.11. The lowest BCUT2D eigenvalue weighted by Crippen LogP contribution is -2.55. The number of amides is 1. The Balaban J connectivity index is 2.68. The van der Waals surface area contributed by atoms with Crippen LogP contribution in [0.25, 0.3) is 0 Å². The van der Waals surface area contributed by atoms with Crippen molar-refractivity contribution in [3.05, 3.63) is 29.8 Å². The van der Waals surface area contributed by atoms with Crippen LogP contribution in [0.15, 0.2) is 24.3 Å². The molecule has 0 aliphatic carbocycles. The van der Waals surface area contributed by atoms with Gasteiger partial charge in [0.25, 0.3) is 5.91 Å². The predicted octanol–water partition coefficient (Wildman–Crippen LogP) is 2.33. The van der Waals surface area contributed by atoms with Crippen LogP contribution in [0.1, 0.15) is 37.6 Å². The summed E-state index contributed by atoms with van der Waals surface area (Å²) < 4.78 is 10.5. The lowest BCUT2D eigenvalue weighted by molar-refractivity contribution is -0.145.